The van der Waals surface area contributed by atoms with Crippen LogP contribution in [-0.4, -0.2) is 121 Å². The summed E-state index contributed by atoms with van der Waals surface area (Å²) in [6.45, 7) is 6.32. The van der Waals surface area contributed by atoms with Crippen LogP contribution in [0.3, 0.4) is 0 Å². The molecule has 5 rings (SSSR count). The van der Waals surface area contributed by atoms with E-state index in [0.717, 1.165) is 32.4 Å². The Kier molecular flexibility index (Phi) is 7.48. The lowest BCUT2D eigenvalue weighted by molar-refractivity contribution is -0.156. The fraction of sp³-hybridized carbons (Fsp3) is 0.731. The van der Waals surface area contributed by atoms with Gasteiger partial charge in [0, 0.05) is 32.7 Å². The second-order valence-electron chi connectivity index (χ2n) is 10.4. The minimum atomic E-state index is -1.29. The van der Waals surface area contributed by atoms with E-state index >= 15 is 0 Å². The number of fused-ring (bicyclic) bond motifs is 2. The number of cyclic esters (lactones) is 1. The van der Waals surface area contributed by atoms with Gasteiger partial charge < -0.3 is 29.1 Å². The third-order valence-electron chi connectivity index (χ3n) is 8.15. The zero-order valence-corrected chi connectivity index (χ0v) is 20.9. The zero-order chi connectivity index (χ0) is 25.3. The molecule has 0 aromatic heterocycles. The number of carbonyl (C=O) groups is 3. The van der Waals surface area contributed by atoms with Crippen LogP contribution in [0.25, 0.3) is 0 Å². The summed E-state index contributed by atoms with van der Waals surface area (Å²) in [6, 6.07) is -1.56. The lowest BCUT2D eigenvalue weighted by atomic mass is 9.78. The average molecular weight is 504 g/mol. The van der Waals surface area contributed by atoms with E-state index in [0.29, 0.717) is 39.5 Å². The first-order valence-corrected chi connectivity index (χ1v) is 13.2. The van der Waals surface area contributed by atoms with Gasteiger partial charge in [0.1, 0.15) is 17.6 Å². The fourth-order valence-electron chi connectivity index (χ4n) is 6.25. The molecule has 2 amide bonds. The van der Waals surface area contributed by atoms with Gasteiger partial charge in [0.2, 0.25) is 11.8 Å². The van der Waals surface area contributed by atoms with Gasteiger partial charge in [0.05, 0.1) is 44.5 Å². The molecule has 0 aromatic carbocycles. The molecule has 36 heavy (non-hydrogen) atoms. The maximum atomic E-state index is 14.1. The number of esters is 1. The summed E-state index contributed by atoms with van der Waals surface area (Å²) in [5.41, 5.74) is -1.29. The van der Waals surface area contributed by atoms with Crippen LogP contribution in [0.2, 0.25) is 0 Å². The lowest BCUT2D eigenvalue weighted by Crippen LogP contribution is -2.58. The van der Waals surface area contributed by atoms with Crippen LogP contribution in [-0.2, 0) is 28.6 Å². The zero-order valence-electron chi connectivity index (χ0n) is 20.9. The molecule has 3 saturated heterocycles. The highest BCUT2D eigenvalue weighted by Gasteiger charge is 2.72. The molecule has 10 heteroatoms. The quantitative estimate of drug-likeness (QED) is 0.411. The summed E-state index contributed by atoms with van der Waals surface area (Å²) in [5.74, 6) is -2.76. The molecule has 0 bridgehead atoms. The maximum Gasteiger partial charge on any atom is 0.312 e. The van der Waals surface area contributed by atoms with Gasteiger partial charge in [-0.3, -0.25) is 19.3 Å². The summed E-state index contributed by atoms with van der Waals surface area (Å²) in [5, 5.41) is 10.00. The number of allylic oxidation sites excluding steroid dienone is 1. The van der Waals surface area contributed by atoms with Crippen LogP contribution in [0, 0.1) is 11.8 Å². The standard InChI is InChI=1S/C26H37N3O7/c1-18(17-30)29-22-24(32)28(11-10-27-12-15-34-16-13-27)9-6-8-26(22)21(23(29)31)20-19(36-26)7-4-2-3-5-14-35-25(20)33/h4,6-8,18-22,30H,2-3,5,9-17H2,1H3/b7-4-/t18-,19-,20+,21+,22?,26+/m1/s1. The number of hydrogen-bond acceptors (Lipinski definition) is 8. The first-order valence-electron chi connectivity index (χ1n) is 13.2. The molecule has 0 saturated carbocycles. The number of morpholine rings is 1. The molecule has 1 spiro atoms. The minimum absolute atomic E-state index is 0.217. The molecule has 10 nitrogen and oxygen atoms in total. The SMILES string of the molecule is C[C@H](CO)N1C(=O)[C@@H]2[C@H]3C(=O)OCCCC/C=C\[C@H]3O[C@@]23C=CCN(CCN2CCOCC2)C(=O)C13. The number of ether oxygens (including phenoxy) is 3. The van der Waals surface area contributed by atoms with Crippen molar-refractivity contribution in [2.45, 2.75) is 50.0 Å². The number of aliphatic hydroxyl groups is 1. The van der Waals surface area contributed by atoms with Crippen molar-refractivity contribution in [2.75, 3.05) is 59.2 Å². The molecule has 6 atom stereocenters. The van der Waals surface area contributed by atoms with Crippen molar-refractivity contribution in [3.8, 4) is 0 Å². The third-order valence-corrected chi connectivity index (χ3v) is 8.15. The summed E-state index contributed by atoms with van der Waals surface area (Å²) in [4.78, 5) is 46.8. The number of carbonyl (C=O) groups excluding carboxylic acids is 3. The molecule has 0 radical (unpaired) electrons. The van der Waals surface area contributed by atoms with Crippen molar-refractivity contribution in [1.29, 1.82) is 0 Å². The molecule has 5 aliphatic rings. The van der Waals surface area contributed by atoms with Gasteiger partial charge in [-0.2, -0.15) is 0 Å². The normalized spacial score (nSPS) is 37.1. The van der Waals surface area contributed by atoms with E-state index in [1.807, 2.05) is 24.3 Å². The number of amides is 2. The molecule has 1 N–H and O–H groups in total. The number of likely N-dealkylation sites (tertiary alicyclic amines) is 1. The summed E-state index contributed by atoms with van der Waals surface area (Å²) in [7, 11) is 0. The second kappa shape index (κ2) is 10.6. The Morgan fingerprint density at radius 2 is 1.89 bits per heavy atom. The van der Waals surface area contributed by atoms with E-state index in [2.05, 4.69) is 4.90 Å². The van der Waals surface area contributed by atoms with E-state index in [4.69, 9.17) is 14.2 Å². The van der Waals surface area contributed by atoms with E-state index in [1.54, 1.807) is 11.8 Å². The van der Waals surface area contributed by atoms with Gasteiger partial charge in [-0.1, -0.05) is 24.3 Å². The highest BCUT2D eigenvalue weighted by Crippen LogP contribution is 2.53. The van der Waals surface area contributed by atoms with Crippen LogP contribution in [0.15, 0.2) is 24.3 Å². The van der Waals surface area contributed by atoms with Crippen molar-refractivity contribution < 1.29 is 33.7 Å². The third kappa shape index (κ3) is 4.38. The molecule has 0 aromatic rings. The van der Waals surface area contributed by atoms with Crippen molar-refractivity contribution in [3.05, 3.63) is 24.3 Å². The number of nitrogens with zero attached hydrogens (tertiary/aromatic N) is 3. The predicted molar refractivity (Wildman–Crippen MR) is 129 cm³/mol. The average Bonchev–Trinajstić information content (AvgIpc) is 3.29. The Bertz CT molecular complexity index is 917. The number of aliphatic hydroxyl groups excluding tert-OH is 1. The number of hydrogen-bond donors (Lipinski definition) is 1. The maximum absolute atomic E-state index is 14.1. The smallest absolute Gasteiger partial charge is 0.312 e. The van der Waals surface area contributed by atoms with Crippen molar-refractivity contribution >= 4 is 17.8 Å². The van der Waals surface area contributed by atoms with Gasteiger partial charge in [0.15, 0.2) is 0 Å². The van der Waals surface area contributed by atoms with Crippen LogP contribution < -0.4 is 0 Å². The summed E-state index contributed by atoms with van der Waals surface area (Å²) >= 11 is 0. The monoisotopic (exact) mass is 503 g/mol. The van der Waals surface area contributed by atoms with Gasteiger partial charge in [0.25, 0.3) is 0 Å². The Morgan fingerprint density at radius 1 is 1.08 bits per heavy atom. The Labute approximate surface area is 211 Å². The van der Waals surface area contributed by atoms with Gasteiger partial charge >= 0.3 is 5.97 Å². The van der Waals surface area contributed by atoms with Crippen molar-refractivity contribution in [1.82, 2.24) is 14.7 Å². The minimum Gasteiger partial charge on any atom is -0.465 e. The lowest BCUT2D eigenvalue weighted by Gasteiger charge is -2.38. The number of rotatable bonds is 5. The van der Waals surface area contributed by atoms with E-state index < -0.39 is 41.6 Å². The molecule has 5 aliphatic heterocycles. The van der Waals surface area contributed by atoms with Gasteiger partial charge in [-0.15, -0.1) is 0 Å². The highest BCUT2D eigenvalue weighted by molar-refractivity contribution is 5.99. The molecule has 5 heterocycles. The molecular weight excluding hydrogens is 466 g/mol. The first kappa shape index (κ1) is 25.4. The Hall–Kier alpha value is -2.27. The van der Waals surface area contributed by atoms with E-state index in [9.17, 15) is 19.5 Å². The molecule has 1 unspecified atom stereocenters. The van der Waals surface area contributed by atoms with Crippen LogP contribution in [0.5, 0.6) is 0 Å². The highest BCUT2D eigenvalue weighted by atomic mass is 16.6. The topological polar surface area (TPSA) is 109 Å². The predicted octanol–water partition coefficient (Wildman–Crippen LogP) is -0.0381. The Morgan fingerprint density at radius 3 is 2.67 bits per heavy atom. The van der Waals surface area contributed by atoms with Crippen LogP contribution >= 0.6 is 0 Å². The summed E-state index contributed by atoms with van der Waals surface area (Å²) < 4.78 is 17.6. The largest absolute Gasteiger partial charge is 0.465 e. The van der Waals surface area contributed by atoms with Crippen molar-refractivity contribution in [2.24, 2.45) is 11.8 Å². The molecular formula is C26H37N3O7. The molecule has 3 fully saturated rings. The fourth-order valence-corrected chi connectivity index (χ4v) is 6.25. The second-order valence-corrected chi connectivity index (χ2v) is 10.4. The Balaban J connectivity index is 1.48. The van der Waals surface area contributed by atoms with Gasteiger partial charge in [-0.25, -0.2) is 0 Å². The first-order chi connectivity index (χ1) is 17.5. The molecule has 0 aliphatic carbocycles. The van der Waals surface area contributed by atoms with Crippen LogP contribution in [0.4, 0.5) is 0 Å². The van der Waals surface area contributed by atoms with Crippen LogP contribution in [0.1, 0.15) is 26.2 Å². The molecule has 198 valence electrons. The van der Waals surface area contributed by atoms with Crippen molar-refractivity contribution in [3.63, 3.8) is 0 Å². The van der Waals surface area contributed by atoms with Gasteiger partial charge in [-0.05, 0) is 26.2 Å². The summed E-state index contributed by atoms with van der Waals surface area (Å²) in [6.07, 6.45) is 9.39. The van der Waals surface area contributed by atoms with E-state index in [1.165, 1.54) is 4.90 Å². The van der Waals surface area contributed by atoms with E-state index in [-0.39, 0.29) is 18.4 Å².